The van der Waals surface area contributed by atoms with Gasteiger partial charge in [0.1, 0.15) is 11.1 Å². The first kappa shape index (κ1) is 22.8. The molecule has 4 atom stereocenters. The second-order valence-corrected chi connectivity index (χ2v) is 8.79. The molecule has 1 saturated heterocycles. The summed E-state index contributed by atoms with van der Waals surface area (Å²) >= 11 is 1.65. The van der Waals surface area contributed by atoms with Crippen molar-refractivity contribution in [3.8, 4) is 0 Å². The molecule has 2 fully saturated rings. The van der Waals surface area contributed by atoms with Crippen LogP contribution in [-0.2, 0) is 16.0 Å². The van der Waals surface area contributed by atoms with E-state index in [-0.39, 0.29) is 35.5 Å². The lowest BCUT2D eigenvalue weighted by Crippen LogP contribution is -2.67. The van der Waals surface area contributed by atoms with Crippen molar-refractivity contribution in [3.63, 3.8) is 0 Å². The number of nitrogens with one attached hydrogen (secondary N) is 1. The molecule has 27 heavy (non-hydrogen) atoms. The van der Waals surface area contributed by atoms with E-state index in [1.165, 1.54) is 0 Å². The molecule has 1 aliphatic heterocycles. The second kappa shape index (κ2) is 9.37. The highest BCUT2D eigenvalue weighted by Crippen LogP contribution is 2.52. The Balaban J connectivity index is 0.00000261. The van der Waals surface area contributed by atoms with Gasteiger partial charge in [0.05, 0.1) is 18.3 Å². The fraction of sp³-hybridized carbons (Fsp3) is 0.789. The van der Waals surface area contributed by atoms with Crippen LogP contribution in [0.2, 0.25) is 0 Å². The highest BCUT2D eigenvalue weighted by atomic mass is 127. The number of guanidine groups is 1. The average molecular weight is 508 g/mol. The van der Waals surface area contributed by atoms with E-state index in [1.807, 2.05) is 6.92 Å². The van der Waals surface area contributed by atoms with E-state index in [0.29, 0.717) is 18.1 Å². The van der Waals surface area contributed by atoms with E-state index in [9.17, 15) is 0 Å². The maximum atomic E-state index is 5.92. The van der Waals surface area contributed by atoms with Gasteiger partial charge in [-0.3, -0.25) is 4.99 Å². The third-order valence-corrected chi connectivity index (χ3v) is 6.78. The highest BCUT2D eigenvalue weighted by Gasteiger charge is 2.59. The molecule has 1 aromatic rings. The molecule has 1 aromatic heterocycles. The SMILES string of the molecule is CCN=C(NC1C2CCOC2C1(C)C)N(C)Cc1csc(C(C)OC)n1.I. The molecule has 0 bridgehead atoms. The van der Waals surface area contributed by atoms with E-state index in [1.54, 1.807) is 18.4 Å². The Morgan fingerprint density at radius 1 is 1.56 bits per heavy atom. The van der Waals surface area contributed by atoms with Gasteiger partial charge in [0.25, 0.3) is 0 Å². The minimum absolute atomic E-state index is 0. The first-order chi connectivity index (χ1) is 12.4. The summed E-state index contributed by atoms with van der Waals surface area (Å²) in [6.07, 6.45) is 1.56. The molecular formula is C19H33IN4O2S. The van der Waals surface area contributed by atoms with Gasteiger partial charge in [-0.05, 0) is 20.3 Å². The van der Waals surface area contributed by atoms with E-state index in [4.69, 9.17) is 19.5 Å². The van der Waals surface area contributed by atoms with Gasteiger partial charge in [0, 0.05) is 50.1 Å². The van der Waals surface area contributed by atoms with Crippen LogP contribution in [0.25, 0.3) is 0 Å². The first-order valence-electron chi connectivity index (χ1n) is 9.49. The third-order valence-electron chi connectivity index (χ3n) is 5.72. The van der Waals surface area contributed by atoms with Crippen LogP contribution < -0.4 is 5.32 Å². The van der Waals surface area contributed by atoms with Crippen LogP contribution in [0.5, 0.6) is 0 Å². The number of hydrogen-bond acceptors (Lipinski definition) is 5. The molecule has 1 saturated carbocycles. The van der Waals surface area contributed by atoms with Crippen LogP contribution in [0.3, 0.4) is 0 Å². The summed E-state index contributed by atoms with van der Waals surface area (Å²) in [4.78, 5) is 11.6. The Kier molecular flexibility index (Phi) is 7.92. The fourth-order valence-corrected chi connectivity index (χ4v) is 5.03. The van der Waals surface area contributed by atoms with Gasteiger partial charge >= 0.3 is 0 Å². The zero-order valence-corrected chi connectivity index (χ0v) is 20.3. The lowest BCUT2D eigenvalue weighted by molar-refractivity contribution is -0.107. The number of thiazole rings is 1. The van der Waals surface area contributed by atoms with E-state index >= 15 is 0 Å². The zero-order chi connectivity index (χ0) is 18.9. The predicted octanol–water partition coefficient (Wildman–Crippen LogP) is 3.68. The monoisotopic (exact) mass is 508 g/mol. The molecule has 6 nitrogen and oxygen atoms in total. The van der Waals surface area contributed by atoms with Gasteiger partial charge in [-0.1, -0.05) is 13.8 Å². The van der Waals surface area contributed by atoms with Crippen molar-refractivity contribution < 1.29 is 9.47 Å². The fourth-order valence-electron chi connectivity index (χ4n) is 4.18. The summed E-state index contributed by atoms with van der Waals surface area (Å²) in [5.74, 6) is 1.54. The van der Waals surface area contributed by atoms with Crippen LogP contribution in [0, 0.1) is 11.3 Å². The molecule has 0 aromatic carbocycles. The standard InChI is InChI=1S/C19H32N4O2S.HI/c1-7-20-18(22-15-14-8-9-25-16(14)19(15,3)4)23(5)10-13-11-26-17(21-13)12(2)24-6;/h11-12,14-16H,7-10H2,1-6H3,(H,20,22);1H. The van der Waals surface area contributed by atoms with Gasteiger partial charge in [0.2, 0.25) is 0 Å². The van der Waals surface area contributed by atoms with Gasteiger partial charge in [-0.25, -0.2) is 4.98 Å². The summed E-state index contributed by atoms with van der Waals surface area (Å²) in [5.41, 5.74) is 1.19. The van der Waals surface area contributed by atoms with Crippen molar-refractivity contribution in [1.29, 1.82) is 0 Å². The van der Waals surface area contributed by atoms with Crippen molar-refractivity contribution in [2.45, 2.75) is 58.9 Å². The van der Waals surface area contributed by atoms with Crippen molar-refractivity contribution in [1.82, 2.24) is 15.2 Å². The van der Waals surface area contributed by atoms with Crippen molar-refractivity contribution in [3.05, 3.63) is 16.1 Å². The number of ether oxygens (including phenoxy) is 2. The maximum Gasteiger partial charge on any atom is 0.194 e. The molecule has 2 aliphatic rings. The van der Waals surface area contributed by atoms with Crippen LogP contribution in [0.1, 0.15) is 50.9 Å². The van der Waals surface area contributed by atoms with Crippen LogP contribution >= 0.6 is 35.3 Å². The Morgan fingerprint density at radius 3 is 2.96 bits per heavy atom. The molecule has 8 heteroatoms. The van der Waals surface area contributed by atoms with Gasteiger partial charge in [-0.15, -0.1) is 35.3 Å². The van der Waals surface area contributed by atoms with Gasteiger partial charge < -0.3 is 19.7 Å². The lowest BCUT2D eigenvalue weighted by atomic mass is 9.57. The summed E-state index contributed by atoms with van der Waals surface area (Å²) in [7, 11) is 3.79. The summed E-state index contributed by atoms with van der Waals surface area (Å²) in [5, 5.41) is 6.85. The van der Waals surface area contributed by atoms with E-state index < -0.39 is 0 Å². The summed E-state index contributed by atoms with van der Waals surface area (Å²) in [6.45, 7) is 11.1. The maximum absolute atomic E-state index is 5.92. The quantitative estimate of drug-likeness (QED) is 0.361. The number of aromatic nitrogens is 1. The normalized spacial score (nSPS) is 27.3. The number of hydrogen-bond donors (Lipinski definition) is 1. The molecule has 154 valence electrons. The van der Waals surface area contributed by atoms with Gasteiger partial charge in [0.15, 0.2) is 5.96 Å². The molecule has 2 heterocycles. The largest absolute Gasteiger partial charge is 0.377 e. The number of rotatable bonds is 6. The molecule has 1 aliphatic carbocycles. The van der Waals surface area contributed by atoms with E-state index in [2.05, 4.69) is 43.4 Å². The molecular weight excluding hydrogens is 475 g/mol. The molecule has 3 rings (SSSR count). The number of halogens is 1. The third kappa shape index (κ3) is 4.59. The van der Waals surface area contributed by atoms with Crippen LogP contribution in [0.15, 0.2) is 10.4 Å². The summed E-state index contributed by atoms with van der Waals surface area (Å²) in [6, 6.07) is 0.405. The molecule has 1 N–H and O–H groups in total. The highest BCUT2D eigenvalue weighted by molar-refractivity contribution is 14.0. The molecule has 0 amide bonds. The Morgan fingerprint density at radius 2 is 2.30 bits per heavy atom. The number of fused-ring (bicyclic) bond motifs is 1. The lowest BCUT2D eigenvalue weighted by Gasteiger charge is -2.55. The topological polar surface area (TPSA) is 59.0 Å². The number of methoxy groups -OCH3 is 1. The number of aliphatic imine (C=N–C) groups is 1. The van der Waals surface area contributed by atoms with Crippen LogP contribution in [-0.4, -0.2) is 55.3 Å². The van der Waals surface area contributed by atoms with Crippen molar-refractivity contribution in [2.24, 2.45) is 16.3 Å². The van der Waals surface area contributed by atoms with E-state index in [0.717, 1.165) is 42.8 Å². The van der Waals surface area contributed by atoms with Crippen molar-refractivity contribution in [2.75, 3.05) is 27.3 Å². The molecule has 4 unspecified atom stereocenters. The van der Waals surface area contributed by atoms with Gasteiger partial charge in [-0.2, -0.15) is 0 Å². The first-order valence-corrected chi connectivity index (χ1v) is 10.4. The minimum Gasteiger partial charge on any atom is -0.377 e. The average Bonchev–Trinajstić information content (AvgIpc) is 3.25. The van der Waals surface area contributed by atoms with Crippen LogP contribution in [0.4, 0.5) is 0 Å². The predicted molar refractivity (Wildman–Crippen MR) is 121 cm³/mol. The Hall–Kier alpha value is -0.450. The van der Waals surface area contributed by atoms with Crippen molar-refractivity contribution >= 4 is 41.3 Å². The minimum atomic E-state index is 0. The molecule has 0 spiro atoms. The smallest absolute Gasteiger partial charge is 0.194 e. The summed E-state index contributed by atoms with van der Waals surface area (Å²) < 4.78 is 11.3. The second-order valence-electron chi connectivity index (χ2n) is 7.90. The zero-order valence-electron chi connectivity index (χ0n) is 17.2. The Bertz CT molecular complexity index is 651. The Labute approximate surface area is 184 Å². The number of nitrogens with zero attached hydrogens (tertiary/aromatic N) is 3. The molecule has 0 radical (unpaired) electrons.